The maximum atomic E-state index is 12.8. The highest BCUT2D eigenvalue weighted by atomic mass is 35.5. The summed E-state index contributed by atoms with van der Waals surface area (Å²) in [4.78, 5) is 10.7. The van der Waals surface area contributed by atoms with Crippen LogP contribution in [0.4, 0.5) is 4.39 Å². The number of carbonyl (C=O) groups is 1. The summed E-state index contributed by atoms with van der Waals surface area (Å²) in [6.07, 6.45) is 0. The SMILES string of the molecule is N#Cc1cc(F)cc(CCl)c1C(=O)O. The molecule has 0 saturated heterocycles. The fourth-order valence-electron chi connectivity index (χ4n) is 1.11. The van der Waals surface area contributed by atoms with Crippen LogP contribution in [0.1, 0.15) is 21.5 Å². The van der Waals surface area contributed by atoms with E-state index in [1.807, 2.05) is 0 Å². The number of rotatable bonds is 2. The first-order valence-electron chi connectivity index (χ1n) is 3.62. The second kappa shape index (κ2) is 4.07. The van der Waals surface area contributed by atoms with Gasteiger partial charge in [-0.3, -0.25) is 0 Å². The topological polar surface area (TPSA) is 61.1 Å². The first kappa shape index (κ1) is 10.5. The van der Waals surface area contributed by atoms with Crippen LogP contribution in [0.15, 0.2) is 12.1 Å². The van der Waals surface area contributed by atoms with Gasteiger partial charge in [-0.25, -0.2) is 9.18 Å². The lowest BCUT2D eigenvalue weighted by atomic mass is 10.0. The van der Waals surface area contributed by atoms with Crippen molar-refractivity contribution >= 4 is 17.6 Å². The van der Waals surface area contributed by atoms with Crippen LogP contribution in [0, 0.1) is 17.1 Å². The van der Waals surface area contributed by atoms with Gasteiger partial charge >= 0.3 is 5.97 Å². The Morgan fingerprint density at radius 2 is 2.29 bits per heavy atom. The average molecular weight is 214 g/mol. The summed E-state index contributed by atoms with van der Waals surface area (Å²) in [6, 6.07) is 3.50. The van der Waals surface area contributed by atoms with Crippen molar-refractivity contribution in [2.24, 2.45) is 0 Å². The number of hydrogen-bond acceptors (Lipinski definition) is 2. The summed E-state index contributed by atoms with van der Waals surface area (Å²) in [5, 5.41) is 17.4. The number of aromatic carboxylic acids is 1. The molecule has 0 unspecified atom stereocenters. The van der Waals surface area contributed by atoms with E-state index in [9.17, 15) is 9.18 Å². The van der Waals surface area contributed by atoms with Crippen LogP contribution in [0.5, 0.6) is 0 Å². The molecule has 0 spiro atoms. The molecule has 1 rings (SSSR count). The molecule has 0 fully saturated rings. The minimum atomic E-state index is -1.28. The fraction of sp³-hybridized carbons (Fsp3) is 0.111. The fourth-order valence-corrected chi connectivity index (χ4v) is 1.32. The molecule has 0 saturated carbocycles. The summed E-state index contributed by atoms with van der Waals surface area (Å²) in [7, 11) is 0. The van der Waals surface area contributed by atoms with Crippen molar-refractivity contribution in [1.29, 1.82) is 5.26 Å². The molecule has 1 aromatic rings. The normalized spacial score (nSPS) is 9.50. The summed E-state index contributed by atoms with van der Waals surface area (Å²) < 4.78 is 12.8. The number of alkyl halides is 1. The first-order valence-corrected chi connectivity index (χ1v) is 4.15. The van der Waals surface area contributed by atoms with Crippen LogP contribution in [0.2, 0.25) is 0 Å². The van der Waals surface area contributed by atoms with Crippen molar-refractivity contribution in [3.8, 4) is 6.07 Å². The van der Waals surface area contributed by atoms with Gasteiger partial charge in [0.25, 0.3) is 0 Å². The number of carboxylic acids is 1. The lowest BCUT2D eigenvalue weighted by molar-refractivity contribution is 0.0695. The van der Waals surface area contributed by atoms with Gasteiger partial charge in [-0.2, -0.15) is 5.26 Å². The number of hydrogen-bond donors (Lipinski definition) is 1. The van der Waals surface area contributed by atoms with E-state index in [1.54, 1.807) is 6.07 Å². The van der Waals surface area contributed by atoms with Crippen LogP contribution >= 0.6 is 11.6 Å². The molecule has 5 heteroatoms. The van der Waals surface area contributed by atoms with Crippen molar-refractivity contribution in [3.63, 3.8) is 0 Å². The van der Waals surface area contributed by atoms with Crippen LogP contribution < -0.4 is 0 Å². The Morgan fingerprint density at radius 3 is 2.71 bits per heavy atom. The predicted molar refractivity (Wildman–Crippen MR) is 47.6 cm³/mol. The summed E-state index contributed by atoms with van der Waals surface area (Å²) in [6.45, 7) is 0. The third-order valence-corrected chi connectivity index (χ3v) is 1.95. The van der Waals surface area contributed by atoms with Gasteiger partial charge in [-0.05, 0) is 17.7 Å². The van der Waals surface area contributed by atoms with Gasteiger partial charge in [0.05, 0.1) is 11.1 Å². The van der Waals surface area contributed by atoms with E-state index in [2.05, 4.69) is 0 Å². The zero-order valence-electron chi connectivity index (χ0n) is 6.92. The molecule has 72 valence electrons. The van der Waals surface area contributed by atoms with Gasteiger partial charge in [0, 0.05) is 5.88 Å². The van der Waals surface area contributed by atoms with Crippen LogP contribution in [-0.2, 0) is 5.88 Å². The Balaban J connectivity index is 3.50. The first-order chi connectivity index (χ1) is 6.60. The molecule has 0 aliphatic rings. The molecule has 3 nitrogen and oxygen atoms in total. The molecule has 0 radical (unpaired) electrons. The predicted octanol–water partition coefficient (Wildman–Crippen LogP) is 2.13. The molecule has 0 aromatic heterocycles. The molecule has 1 N–H and O–H groups in total. The van der Waals surface area contributed by atoms with Crippen LogP contribution in [-0.4, -0.2) is 11.1 Å². The molecule has 0 atom stereocenters. The lowest BCUT2D eigenvalue weighted by Gasteiger charge is -2.04. The molecule has 1 aromatic carbocycles. The number of halogens is 2. The van der Waals surface area contributed by atoms with E-state index in [-0.39, 0.29) is 22.6 Å². The van der Waals surface area contributed by atoms with Crippen LogP contribution in [0.25, 0.3) is 0 Å². The number of nitriles is 1. The third kappa shape index (κ3) is 1.83. The Labute approximate surface area is 84.3 Å². The molecule has 14 heavy (non-hydrogen) atoms. The zero-order valence-corrected chi connectivity index (χ0v) is 7.68. The average Bonchev–Trinajstić information content (AvgIpc) is 2.15. The largest absolute Gasteiger partial charge is 0.478 e. The summed E-state index contributed by atoms with van der Waals surface area (Å²) in [5.41, 5.74) is -0.340. The van der Waals surface area contributed by atoms with Gasteiger partial charge < -0.3 is 5.11 Å². The van der Waals surface area contributed by atoms with Crippen LogP contribution in [0.3, 0.4) is 0 Å². The van der Waals surface area contributed by atoms with E-state index < -0.39 is 11.8 Å². The third-order valence-electron chi connectivity index (χ3n) is 1.66. The van der Waals surface area contributed by atoms with E-state index in [4.69, 9.17) is 22.0 Å². The van der Waals surface area contributed by atoms with E-state index >= 15 is 0 Å². The minimum absolute atomic E-state index is 0.107. The Bertz CT molecular complexity index is 426. The maximum absolute atomic E-state index is 12.8. The molecule has 0 aliphatic carbocycles. The second-order valence-corrected chi connectivity index (χ2v) is 2.81. The highest BCUT2D eigenvalue weighted by Gasteiger charge is 2.16. The molecular formula is C9H5ClFNO2. The van der Waals surface area contributed by atoms with E-state index in [1.165, 1.54) is 0 Å². The monoisotopic (exact) mass is 213 g/mol. The van der Waals surface area contributed by atoms with Gasteiger partial charge in [0.1, 0.15) is 11.9 Å². The van der Waals surface area contributed by atoms with Crippen molar-refractivity contribution in [2.75, 3.05) is 0 Å². The Hall–Kier alpha value is -1.60. The lowest BCUT2D eigenvalue weighted by Crippen LogP contribution is -2.05. The second-order valence-electron chi connectivity index (χ2n) is 2.54. The van der Waals surface area contributed by atoms with Crippen molar-refractivity contribution in [1.82, 2.24) is 0 Å². The van der Waals surface area contributed by atoms with Gasteiger partial charge in [0.2, 0.25) is 0 Å². The summed E-state index contributed by atoms with van der Waals surface area (Å²) in [5.74, 6) is -2.09. The van der Waals surface area contributed by atoms with E-state index in [0.29, 0.717) is 0 Å². The molecule has 0 bridgehead atoms. The Kier molecular flexibility index (Phi) is 3.05. The number of carboxylic acid groups (broad SMARTS) is 1. The molecule has 0 heterocycles. The van der Waals surface area contributed by atoms with Gasteiger partial charge in [-0.1, -0.05) is 0 Å². The Morgan fingerprint density at radius 1 is 1.64 bits per heavy atom. The highest BCUT2D eigenvalue weighted by molar-refractivity contribution is 6.17. The standard InChI is InChI=1S/C9H5ClFNO2/c10-3-5-1-7(11)2-6(4-12)8(5)9(13)14/h1-2H,3H2,(H,13,14). The molecule has 0 amide bonds. The van der Waals surface area contributed by atoms with Crippen molar-refractivity contribution < 1.29 is 14.3 Å². The number of benzene rings is 1. The van der Waals surface area contributed by atoms with Crippen molar-refractivity contribution in [3.05, 3.63) is 34.6 Å². The smallest absolute Gasteiger partial charge is 0.337 e. The maximum Gasteiger partial charge on any atom is 0.337 e. The quantitative estimate of drug-likeness (QED) is 0.766. The van der Waals surface area contributed by atoms with Crippen molar-refractivity contribution in [2.45, 2.75) is 5.88 Å². The highest BCUT2D eigenvalue weighted by Crippen LogP contribution is 2.18. The molecular weight excluding hydrogens is 209 g/mol. The van der Waals surface area contributed by atoms with Gasteiger partial charge in [0.15, 0.2) is 0 Å². The minimum Gasteiger partial charge on any atom is -0.478 e. The van der Waals surface area contributed by atoms with E-state index in [0.717, 1.165) is 12.1 Å². The summed E-state index contributed by atoms with van der Waals surface area (Å²) >= 11 is 5.44. The molecule has 0 aliphatic heterocycles. The number of nitrogens with zero attached hydrogens (tertiary/aromatic N) is 1. The zero-order chi connectivity index (χ0) is 10.7. The van der Waals surface area contributed by atoms with Gasteiger partial charge in [-0.15, -0.1) is 11.6 Å².